The Morgan fingerprint density at radius 1 is 1.38 bits per heavy atom. The van der Waals surface area contributed by atoms with Crippen molar-refractivity contribution in [2.75, 3.05) is 13.1 Å². The van der Waals surface area contributed by atoms with Crippen molar-refractivity contribution in [3.8, 4) is 0 Å². The largest absolute Gasteiger partial charge is 0.370 e. The maximum absolute atomic E-state index is 6.15. The average Bonchev–Trinajstić information content (AvgIpc) is 2.52. The molecule has 0 spiro atoms. The minimum absolute atomic E-state index is 0.540. The first-order chi connectivity index (χ1) is 10.2. The van der Waals surface area contributed by atoms with Gasteiger partial charge in [0.05, 0.1) is 12.2 Å². The molecule has 110 valence electrons. The van der Waals surface area contributed by atoms with Crippen LogP contribution in [0.3, 0.4) is 0 Å². The molecular formula is C17H22N4. The standard InChI is InChI=1S/C17H22N4/c1-13-5-4-10-21(12-13)17(18)20-11-16-15-7-3-2-6-14(15)8-9-19-16/h2-3,6-9,13H,4-5,10-12H2,1H3,(H2,18,20). The van der Waals surface area contributed by atoms with Crippen molar-refractivity contribution in [3.63, 3.8) is 0 Å². The van der Waals surface area contributed by atoms with E-state index >= 15 is 0 Å². The summed E-state index contributed by atoms with van der Waals surface area (Å²) in [6, 6.07) is 10.3. The SMILES string of the molecule is CC1CCCN(C(N)=NCc2nccc3ccccc23)C1. The molecule has 4 nitrogen and oxygen atoms in total. The third-order valence-corrected chi connectivity index (χ3v) is 4.13. The fraction of sp³-hybridized carbons (Fsp3) is 0.412. The molecule has 2 N–H and O–H groups in total. The summed E-state index contributed by atoms with van der Waals surface area (Å²) in [5, 5.41) is 2.35. The van der Waals surface area contributed by atoms with Gasteiger partial charge in [0, 0.05) is 24.7 Å². The summed E-state index contributed by atoms with van der Waals surface area (Å²) in [4.78, 5) is 11.2. The summed E-state index contributed by atoms with van der Waals surface area (Å²) in [6.07, 6.45) is 4.32. The number of hydrogen-bond donors (Lipinski definition) is 1. The topological polar surface area (TPSA) is 54.5 Å². The number of fused-ring (bicyclic) bond motifs is 1. The van der Waals surface area contributed by atoms with E-state index < -0.39 is 0 Å². The maximum Gasteiger partial charge on any atom is 0.191 e. The van der Waals surface area contributed by atoms with Crippen molar-refractivity contribution in [2.45, 2.75) is 26.3 Å². The predicted molar refractivity (Wildman–Crippen MR) is 87.0 cm³/mol. The van der Waals surface area contributed by atoms with Gasteiger partial charge in [-0.05, 0) is 30.2 Å². The Morgan fingerprint density at radius 2 is 2.24 bits per heavy atom. The zero-order valence-corrected chi connectivity index (χ0v) is 12.5. The molecule has 1 aromatic heterocycles. The number of piperidine rings is 1. The molecule has 1 saturated heterocycles. The van der Waals surface area contributed by atoms with E-state index in [0.717, 1.165) is 24.2 Å². The minimum Gasteiger partial charge on any atom is -0.370 e. The molecule has 0 aliphatic carbocycles. The van der Waals surface area contributed by atoms with Crippen LogP contribution in [0.15, 0.2) is 41.5 Å². The van der Waals surface area contributed by atoms with Crippen LogP contribution in [0.4, 0.5) is 0 Å². The number of aromatic nitrogens is 1. The van der Waals surface area contributed by atoms with Gasteiger partial charge in [0.25, 0.3) is 0 Å². The highest BCUT2D eigenvalue weighted by molar-refractivity contribution is 5.84. The van der Waals surface area contributed by atoms with E-state index in [1.54, 1.807) is 0 Å². The van der Waals surface area contributed by atoms with Crippen LogP contribution in [0.25, 0.3) is 10.8 Å². The first-order valence-electron chi connectivity index (χ1n) is 7.61. The van der Waals surface area contributed by atoms with Gasteiger partial charge < -0.3 is 10.6 Å². The lowest BCUT2D eigenvalue weighted by molar-refractivity contribution is 0.270. The van der Waals surface area contributed by atoms with Gasteiger partial charge in [0.2, 0.25) is 0 Å². The summed E-state index contributed by atoms with van der Waals surface area (Å²) < 4.78 is 0. The smallest absolute Gasteiger partial charge is 0.191 e. The normalized spacial score (nSPS) is 20.0. The van der Waals surface area contributed by atoms with Crippen LogP contribution >= 0.6 is 0 Å². The molecule has 0 radical (unpaired) electrons. The van der Waals surface area contributed by atoms with Crippen molar-refractivity contribution in [3.05, 3.63) is 42.2 Å². The molecule has 1 aliphatic heterocycles. The van der Waals surface area contributed by atoms with Crippen molar-refractivity contribution >= 4 is 16.7 Å². The van der Waals surface area contributed by atoms with E-state index in [-0.39, 0.29) is 0 Å². The molecular weight excluding hydrogens is 260 g/mol. The van der Waals surface area contributed by atoms with Crippen molar-refractivity contribution in [1.82, 2.24) is 9.88 Å². The number of likely N-dealkylation sites (tertiary alicyclic amines) is 1. The van der Waals surface area contributed by atoms with Gasteiger partial charge in [-0.1, -0.05) is 31.2 Å². The van der Waals surface area contributed by atoms with Gasteiger partial charge in [0.1, 0.15) is 0 Å². The van der Waals surface area contributed by atoms with Crippen LogP contribution in [0, 0.1) is 5.92 Å². The number of aliphatic imine (C=N–C) groups is 1. The van der Waals surface area contributed by atoms with Crippen LogP contribution in [0.2, 0.25) is 0 Å². The molecule has 2 heterocycles. The third kappa shape index (κ3) is 3.15. The van der Waals surface area contributed by atoms with Gasteiger partial charge in [0.15, 0.2) is 5.96 Å². The minimum atomic E-state index is 0.540. The molecule has 1 aromatic carbocycles. The Labute approximate surface area is 125 Å². The fourth-order valence-corrected chi connectivity index (χ4v) is 2.96. The number of pyridine rings is 1. The van der Waals surface area contributed by atoms with E-state index in [0.29, 0.717) is 18.4 Å². The van der Waals surface area contributed by atoms with Crippen LogP contribution < -0.4 is 5.73 Å². The van der Waals surface area contributed by atoms with Crippen molar-refractivity contribution in [2.24, 2.45) is 16.6 Å². The predicted octanol–water partition coefficient (Wildman–Crippen LogP) is 2.78. The monoisotopic (exact) mass is 282 g/mol. The van der Waals surface area contributed by atoms with E-state index in [2.05, 4.69) is 33.9 Å². The first kappa shape index (κ1) is 13.9. The molecule has 3 rings (SSSR count). The lowest BCUT2D eigenvalue weighted by Gasteiger charge is -2.31. The third-order valence-electron chi connectivity index (χ3n) is 4.13. The summed E-state index contributed by atoms with van der Waals surface area (Å²) in [7, 11) is 0. The highest BCUT2D eigenvalue weighted by Crippen LogP contribution is 2.18. The van der Waals surface area contributed by atoms with Crippen LogP contribution in [-0.4, -0.2) is 28.9 Å². The number of rotatable bonds is 2. The van der Waals surface area contributed by atoms with Gasteiger partial charge >= 0.3 is 0 Å². The Balaban J connectivity index is 1.77. The molecule has 1 atom stereocenters. The molecule has 2 aromatic rings. The quantitative estimate of drug-likeness (QED) is 0.680. The van der Waals surface area contributed by atoms with E-state index in [9.17, 15) is 0 Å². The molecule has 4 heteroatoms. The zero-order valence-electron chi connectivity index (χ0n) is 12.5. The summed E-state index contributed by atoms with van der Waals surface area (Å²) >= 11 is 0. The maximum atomic E-state index is 6.15. The lowest BCUT2D eigenvalue weighted by atomic mass is 10.0. The zero-order chi connectivity index (χ0) is 14.7. The van der Waals surface area contributed by atoms with Gasteiger partial charge in [-0.25, -0.2) is 4.99 Å². The van der Waals surface area contributed by atoms with E-state index in [1.807, 2.05) is 24.4 Å². The molecule has 0 amide bonds. The number of nitrogens with zero attached hydrogens (tertiary/aromatic N) is 3. The summed E-state index contributed by atoms with van der Waals surface area (Å²) in [5.74, 6) is 1.35. The lowest BCUT2D eigenvalue weighted by Crippen LogP contribution is -2.43. The van der Waals surface area contributed by atoms with Gasteiger partial charge in [-0.3, -0.25) is 4.98 Å². The molecule has 1 fully saturated rings. The van der Waals surface area contributed by atoms with Gasteiger partial charge in [-0.2, -0.15) is 0 Å². The number of guanidine groups is 1. The Hall–Kier alpha value is -2.10. The number of hydrogen-bond acceptors (Lipinski definition) is 2. The Morgan fingerprint density at radius 3 is 3.10 bits per heavy atom. The number of nitrogens with two attached hydrogens (primary N) is 1. The van der Waals surface area contributed by atoms with Crippen molar-refractivity contribution < 1.29 is 0 Å². The van der Waals surface area contributed by atoms with E-state index in [4.69, 9.17) is 5.73 Å². The first-order valence-corrected chi connectivity index (χ1v) is 7.61. The van der Waals surface area contributed by atoms with Crippen LogP contribution in [-0.2, 0) is 6.54 Å². The Bertz CT molecular complexity index is 645. The van der Waals surface area contributed by atoms with Crippen molar-refractivity contribution in [1.29, 1.82) is 0 Å². The highest BCUT2D eigenvalue weighted by atomic mass is 15.3. The van der Waals surface area contributed by atoms with E-state index in [1.165, 1.54) is 18.2 Å². The second-order valence-corrected chi connectivity index (χ2v) is 5.85. The second-order valence-electron chi connectivity index (χ2n) is 5.85. The molecule has 0 saturated carbocycles. The molecule has 0 bridgehead atoms. The summed E-state index contributed by atoms with van der Waals surface area (Å²) in [6.45, 7) is 4.84. The average molecular weight is 282 g/mol. The van der Waals surface area contributed by atoms with Crippen LogP contribution in [0.5, 0.6) is 0 Å². The molecule has 1 aliphatic rings. The molecule has 21 heavy (non-hydrogen) atoms. The number of benzene rings is 1. The highest BCUT2D eigenvalue weighted by Gasteiger charge is 2.17. The second kappa shape index (κ2) is 6.12. The van der Waals surface area contributed by atoms with Gasteiger partial charge in [-0.15, -0.1) is 0 Å². The molecule has 1 unspecified atom stereocenters. The summed E-state index contributed by atoms with van der Waals surface area (Å²) in [5.41, 5.74) is 7.14. The fourth-order valence-electron chi connectivity index (χ4n) is 2.96. The van der Waals surface area contributed by atoms with Crippen LogP contribution in [0.1, 0.15) is 25.5 Å². The Kier molecular flexibility index (Phi) is 4.04.